The van der Waals surface area contributed by atoms with Crippen LogP contribution in [0.2, 0.25) is 10.0 Å². The number of aryl methyl sites for hydroxylation is 1. The SMILES string of the molecule is CCOC(=O)CCc1cccc2c1[C@@H](N(C)C(=O)OC(C)(C)C)CC[C@H]2c1ccc(Cl)c(Cl)c1. The summed E-state index contributed by atoms with van der Waals surface area (Å²) in [5.74, 6) is -0.121. The Morgan fingerprint density at radius 1 is 1.09 bits per heavy atom. The Morgan fingerprint density at radius 3 is 2.47 bits per heavy atom. The van der Waals surface area contributed by atoms with Crippen LogP contribution in [0.3, 0.4) is 0 Å². The van der Waals surface area contributed by atoms with Crippen LogP contribution in [0.5, 0.6) is 0 Å². The molecule has 1 aliphatic rings. The van der Waals surface area contributed by atoms with Gasteiger partial charge in [0.15, 0.2) is 0 Å². The highest BCUT2D eigenvalue weighted by molar-refractivity contribution is 6.42. The number of hydrogen-bond acceptors (Lipinski definition) is 4. The molecule has 1 aliphatic carbocycles. The summed E-state index contributed by atoms with van der Waals surface area (Å²) in [7, 11) is 1.78. The van der Waals surface area contributed by atoms with Crippen molar-refractivity contribution in [3.63, 3.8) is 0 Å². The Labute approximate surface area is 212 Å². The van der Waals surface area contributed by atoms with Gasteiger partial charge in [0, 0.05) is 19.4 Å². The highest BCUT2D eigenvalue weighted by Gasteiger charge is 2.35. The number of halogens is 2. The fourth-order valence-electron chi connectivity index (χ4n) is 4.58. The summed E-state index contributed by atoms with van der Waals surface area (Å²) in [4.78, 5) is 26.7. The maximum Gasteiger partial charge on any atom is 0.410 e. The third-order valence-corrected chi connectivity index (χ3v) is 6.81. The molecule has 0 N–H and O–H groups in total. The van der Waals surface area contributed by atoms with Crippen LogP contribution in [0.15, 0.2) is 36.4 Å². The molecule has 2 atom stereocenters. The third-order valence-electron chi connectivity index (χ3n) is 6.07. The summed E-state index contributed by atoms with van der Waals surface area (Å²) in [6.45, 7) is 7.74. The van der Waals surface area contributed by atoms with E-state index in [1.54, 1.807) is 18.9 Å². The van der Waals surface area contributed by atoms with Crippen LogP contribution in [0, 0.1) is 0 Å². The standard InChI is InChI=1S/C27H33Cl2NO4/c1-6-33-24(31)15-11-17-8-7-9-20-19(18-10-13-21(28)22(29)16-18)12-14-23(25(17)20)30(5)26(32)34-27(2,3)4/h7-10,13,16,19,23H,6,11-12,14-15H2,1-5H3/t19-,23-/m0/s1. The molecule has 5 nitrogen and oxygen atoms in total. The number of nitrogens with zero attached hydrogens (tertiary/aromatic N) is 1. The average molecular weight is 506 g/mol. The molecule has 2 aromatic rings. The normalized spacial score (nSPS) is 17.6. The van der Waals surface area contributed by atoms with Crippen molar-refractivity contribution in [2.75, 3.05) is 13.7 Å². The van der Waals surface area contributed by atoms with E-state index in [2.05, 4.69) is 6.07 Å². The molecule has 0 saturated carbocycles. The molecular weight excluding hydrogens is 473 g/mol. The molecule has 0 aliphatic heterocycles. The van der Waals surface area contributed by atoms with E-state index in [-0.39, 0.29) is 30.4 Å². The largest absolute Gasteiger partial charge is 0.466 e. The summed E-state index contributed by atoms with van der Waals surface area (Å²) in [5, 5.41) is 1.04. The number of benzene rings is 2. The summed E-state index contributed by atoms with van der Waals surface area (Å²) < 4.78 is 10.8. The molecule has 0 saturated heterocycles. The molecule has 0 radical (unpaired) electrons. The maximum absolute atomic E-state index is 13.0. The number of ether oxygens (including phenoxy) is 2. The van der Waals surface area contributed by atoms with E-state index in [0.29, 0.717) is 23.1 Å². The summed E-state index contributed by atoms with van der Waals surface area (Å²) in [6.07, 6.45) is 2.05. The average Bonchev–Trinajstić information content (AvgIpc) is 2.77. The lowest BCUT2D eigenvalue weighted by Gasteiger charge is -2.39. The molecule has 1 amide bonds. The van der Waals surface area contributed by atoms with Gasteiger partial charge < -0.3 is 14.4 Å². The number of amides is 1. The van der Waals surface area contributed by atoms with E-state index in [0.717, 1.165) is 35.1 Å². The molecule has 7 heteroatoms. The van der Waals surface area contributed by atoms with Gasteiger partial charge in [0.2, 0.25) is 0 Å². The van der Waals surface area contributed by atoms with Gasteiger partial charge in [0.05, 0.1) is 22.7 Å². The van der Waals surface area contributed by atoms with Crippen LogP contribution >= 0.6 is 23.2 Å². The first-order chi connectivity index (χ1) is 16.0. The van der Waals surface area contributed by atoms with Crippen molar-refractivity contribution >= 4 is 35.3 Å². The van der Waals surface area contributed by atoms with Crippen LogP contribution in [-0.4, -0.2) is 36.2 Å². The molecule has 0 heterocycles. The molecule has 3 rings (SSSR count). The van der Waals surface area contributed by atoms with Gasteiger partial charge in [-0.1, -0.05) is 47.5 Å². The Balaban J connectivity index is 2.03. The molecule has 0 spiro atoms. The van der Waals surface area contributed by atoms with Gasteiger partial charge in [-0.2, -0.15) is 0 Å². The summed E-state index contributed by atoms with van der Waals surface area (Å²) in [6, 6.07) is 11.7. The van der Waals surface area contributed by atoms with Gasteiger partial charge >= 0.3 is 12.1 Å². The quantitative estimate of drug-likeness (QED) is 0.385. The van der Waals surface area contributed by atoms with Crippen molar-refractivity contribution in [2.24, 2.45) is 0 Å². The zero-order valence-electron chi connectivity index (χ0n) is 20.5. The van der Waals surface area contributed by atoms with Crippen molar-refractivity contribution < 1.29 is 19.1 Å². The summed E-state index contributed by atoms with van der Waals surface area (Å²) >= 11 is 12.5. The lowest BCUT2D eigenvalue weighted by atomic mass is 9.74. The second-order valence-electron chi connectivity index (χ2n) is 9.64. The molecule has 184 valence electrons. The van der Waals surface area contributed by atoms with Crippen molar-refractivity contribution in [1.29, 1.82) is 0 Å². The van der Waals surface area contributed by atoms with E-state index in [1.165, 1.54) is 0 Å². The predicted octanol–water partition coefficient (Wildman–Crippen LogP) is 7.32. The zero-order valence-corrected chi connectivity index (χ0v) is 22.0. The first-order valence-electron chi connectivity index (χ1n) is 11.7. The van der Waals surface area contributed by atoms with E-state index in [1.807, 2.05) is 51.1 Å². The van der Waals surface area contributed by atoms with Crippen molar-refractivity contribution in [3.8, 4) is 0 Å². The fourth-order valence-corrected chi connectivity index (χ4v) is 4.89. The van der Waals surface area contributed by atoms with E-state index in [9.17, 15) is 9.59 Å². The maximum atomic E-state index is 13.0. The number of carbonyl (C=O) groups excluding carboxylic acids is 2. The van der Waals surface area contributed by atoms with Gasteiger partial charge in [0.25, 0.3) is 0 Å². The van der Waals surface area contributed by atoms with Gasteiger partial charge in [-0.05, 0) is 81.3 Å². The number of esters is 1. The van der Waals surface area contributed by atoms with E-state index >= 15 is 0 Å². The smallest absolute Gasteiger partial charge is 0.410 e. The lowest BCUT2D eigenvalue weighted by molar-refractivity contribution is -0.143. The highest BCUT2D eigenvalue weighted by atomic mass is 35.5. The van der Waals surface area contributed by atoms with E-state index in [4.69, 9.17) is 32.7 Å². The second-order valence-corrected chi connectivity index (χ2v) is 10.4. The van der Waals surface area contributed by atoms with Crippen LogP contribution in [0.4, 0.5) is 4.79 Å². The predicted molar refractivity (Wildman–Crippen MR) is 136 cm³/mol. The van der Waals surface area contributed by atoms with Crippen molar-refractivity contribution in [1.82, 2.24) is 4.90 Å². The second kappa shape index (κ2) is 11.0. The first kappa shape index (κ1) is 26.4. The number of carbonyl (C=O) groups is 2. The topological polar surface area (TPSA) is 55.8 Å². The Kier molecular flexibility index (Phi) is 8.53. The molecule has 2 aromatic carbocycles. The van der Waals surface area contributed by atoms with E-state index < -0.39 is 5.60 Å². The molecule has 34 heavy (non-hydrogen) atoms. The highest BCUT2D eigenvalue weighted by Crippen LogP contribution is 2.46. The Hall–Kier alpha value is -2.24. The van der Waals surface area contributed by atoms with Crippen LogP contribution in [0.1, 0.15) is 81.2 Å². The molecule has 0 bridgehead atoms. The molecule has 0 unspecified atom stereocenters. The fraction of sp³-hybridized carbons (Fsp3) is 0.481. The molecular formula is C27H33Cl2NO4. The minimum atomic E-state index is -0.588. The van der Waals surface area contributed by atoms with Gasteiger partial charge in [-0.3, -0.25) is 4.79 Å². The summed E-state index contributed by atoms with van der Waals surface area (Å²) in [5.41, 5.74) is 3.73. The van der Waals surface area contributed by atoms with Crippen LogP contribution in [0.25, 0.3) is 0 Å². The van der Waals surface area contributed by atoms with Crippen molar-refractivity contribution in [2.45, 2.75) is 70.9 Å². The lowest BCUT2D eigenvalue weighted by Crippen LogP contribution is -2.38. The monoisotopic (exact) mass is 505 g/mol. The minimum Gasteiger partial charge on any atom is -0.466 e. The first-order valence-corrected chi connectivity index (χ1v) is 12.5. The molecule has 0 fully saturated rings. The van der Waals surface area contributed by atoms with Crippen LogP contribution in [-0.2, 0) is 20.7 Å². The number of fused-ring (bicyclic) bond motifs is 1. The Morgan fingerprint density at radius 2 is 1.82 bits per heavy atom. The Bertz CT molecular complexity index is 1050. The van der Waals surface area contributed by atoms with Crippen molar-refractivity contribution in [3.05, 3.63) is 68.7 Å². The third kappa shape index (κ3) is 6.25. The van der Waals surface area contributed by atoms with Crippen LogP contribution < -0.4 is 0 Å². The minimum absolute atomic E-state index is 0.107. The number of hydrogen-bond donors (Lipinski definition) is 0. The van der Waals surface area contributed by atoms with Gasteiger partial charge in [-0.15, -0.1) is 0 Å². The van der Waals surface area contributed by atoms with Gasteiger partial charge in [0.1, 0.15) is 5.60 Å². The molecule has 0 aromatic heterocycles. The van der Waals surface area contributed by atoms with Gasteiger partial charge in [-0.25, -0.2) is 4.79 Å². The number of rotatable bonds is 6. The zero-order chi connectivity index (χ0) is 25.0.